The van der Waals surface area contributed by atoms with Crippen molar-refractivity contribution in [3.05, 3.63) is 0 Å². The first-order valence-electron chi connectivity index (χ1n) is 6.55. The molecule has 5 heteroatoms. The van der Waals surface area contributed by atoms with E-state index in [4.69, 9.17) is 5.73 Å². The molecule has 5 nitrogen and oxygen atoms in total. The van der Waals surface area contributed by atoms with Crippen molar-refractivity contribution in [2.45, 2.75) is 53.0 Å². The van der Waals surface area contributed by atoms with Gasteiger partial charge in [-0.1, -0.05) is 27.7 Å². The Bertz CT molecular complexity index is 286. The van der Waals surface area contributed by atoms with E-state index in [1.54, 1.807) is 0 Å². The summed E-state index contributed by atoms with van der Waals surface area (Å²) in [6.45, 7) is 7.76. The first-order valence-corrected chi connectivity index (χ1v) is 6.55. The fourth-order valence-electron chi connectivity index (χ4n) is 1.88. The Hall–Kier alpha value is -1.10. The van der Waals surface area contributed by atoms with E-state index in [1.807, 2.05) is 27.7 Å². The molecule has 1 unspecified atom stereocenters. The van der Waals surface area contributed by atoms with Gasteiger partial charge >= 0.3 is 5.97 Å². The maximum atomic E-state index is 11.8. The van der Waals surface area contributed by atoms with E-state index in [2.05, 4.69) is 5.32 Å². The average Bonchev–Trinajstić information content (AvgIpc) is 2.29. The highest BCUT2D eigenvalue weighted by Gasteiger charge is 2.35. The predicted octanol–water partition coefficient (Wildman–Crippen LogP) is 1.37. The minimum atomic E-state index is -0.882. The molecule has 1 atom stereocenters. The number of carbonyl (C=O) groups excluding carboxylic acids is 1. The third-order valence-electron chi connectivity index (χ3n) is 3.47. The van der Waals surface area contributed by atoms with E-state index < -0.39 is 17.4 Å². The van der Waals surface area contributed by atoms with Crippen LogP contribution in [0, 0.1) is 11.3 Å². The molecule has 0 radical (unpaired) electrons. The second-order valence-corrected chi connectivity index (χ2v) is 5.25. The van der Waals surface area contributed by atoms with Gasteiger partial charge in [-0.05, 0) is 25.2 Å². The van der Waals surface area contributed by atoms with Crippen LogP contribution in [0.4, 0.5) is 0 Å². The van der Waals surface area contributed by atoms with E-state index in [0.717, 1.165) is 0 Å². The van der Waals surface area contributed by atoms with Crippen molar-refractivity contribution in [3.8, 4) is 0 Å². The molecule has 18 heavy (non-hydrogen) atoms. The molecule has 1 amide bonds. The summed E-state index contributed by atoms with van der Waals surface area (Å²) in [5, 5.41) is 11.9. The molecular weight excluding hydrogens is 232 g/mol. The number of rotatable bonds is 8. The summed E-state index contributed by atoms with van der Waals surface area (Å²) in [6, 6.07) is -0.565. The molecule has 0 heterocycles. The summed E-state index contributed by atoms with van der Waals surface area (Å²) >= 11 is 0. The standard InChI is InChI=1S/C13H26N2O3/c1-5-13(6-2,12(17)18)8-15-11(16)10(14)7-9(3)4/h9-10H,5-8,14H2,1-4H3,(H,15,16)(H,17,18). The highest BCUT2D eigenvalue weighted by molar-refractivity contribution is 5.82. The van der Waals surface area contributed by atoms with Crippen LogP contribution in [-0.4, -0.2) is 29.6 Å². The van der Waals surface area contributed by atoms with Gasteiger partial charge in [-0.25, -0.2) is 0 Å². The van der Waals surface area contributed by atoms with E-state index in [0.29, 0.717) is 25.2 Å². The third kappa shape index (κ3) is 4.64. The first-order chi connectivity index (χ1) is 8.29. The van der Waals surface area contributed by atoms with Crippen molar-refractivity contribution < 1.29 is 14.7 Å². The van der Waals surface area contributed by atoms with Gasteiger partial charge in [0.05, 0.1) is 11.5 Å². The molecule has 0 bridgehead atoms. The van der Waals surface area contributed by atoms with Crippen LogP contribution in [-0.2, 0) is 9.59 Å². The molecule has 4 N–H and O–H groups in total. The summed E-state index contributed by atoms with van der Waals surface area (Å²) in [5.41, 5.74) is 4.87. The van der Waals surface area contributed by atoms with Gasteiger partial charge in [0, 0.05) is 6.54 Å². The largest absolute Gasteiger partial charge is 0.481 e. The number of amides is 1. The molecular formula is C13H26N2O3. The van der Waals surface area contributed by atoms with Crippen LogP contribution in [0.1, 0.15) is 47.0 Å². The molecule has 0 saturated heterocycles. The van der Waals surface area contributed by atoms with Crippen molar-refractivity contribution in [1.82, 2.24) is 5.32 Å². The lowest BCUT2D eigenvalue weighted by atomic mass is 9.82. The first kappa shape index (κ1) is 16.9. The van der Waals surface area contributed by atoms with Gasteiger partial charge in [-0.15, -0.1) is 0 Å². The molecule has 0 fully saturated rings. The number of carboxylic acids is 1. The quantitative estimate of drug-likeness (QED) is 0.613. The number of carbonyl (C=O) groups is 2. The van der Waals surface area contributed by atoms with Crippen molar-refractivity contribution in [3.63, 3.8) is 0 Å². The third-order valence-corrected chi connectivity index (χ3v) is 3.47. The SMILES string of the molecule is CCC(CC)(CNC(=O)C(N)CC(C)C)C(=O)O. The Morgan fingerprint density at radius 3 is 2.11 bits per heavy atom. The Balaban J connectivity index is 4.45. The summed E-state index contributed by atoms with van der Waals surface area (Å²) in [7, 11) is 0. The molecule has 0 saturated carbocycles. The molecule has 0 aromatic rings. The molecule has 0 aliphatic rings. The number of nitrogens with two attached hydrogens (primary N) is 1. The molecule has 0 aliphatic carbocycles. The monoisotopic (exact) mass is 258 g/mol. The molecule has 0 aromatic carbocycles. The number of hydrogen-bond donors (Lipinski definition) is 3. The van der Waals surface area contributed by atoms with E-state index >= 15 is 0 Å². The lowest BCUT2D eigenvalue weighted by Crippen LogP contribution is -2.48. The minimum Gasteiger partial charge on any atom is -0.481 e. The minimum absolute atomic E-state index is 0.139. The van der Waals surface area contributed by atoms with Gasteiger partial charge < -0.3 is 16.2 Å². The zero-order chi connectivity index (χ0) is 14.3. The Morgan fingerprint density at radius 1 is 1.28 bits per heavy atom. The van der Waals surface area contributed by atoms with Crippen LogP contribution in [0.3, 0.4) is 0 Å². The van der Waals surface area contributed by atoms with E-state index in [1.165, 1.54) is 0 Å². The zero-order valence-electron chi connectivity index (χ0n) is 11.8. The van der Waals surface area contributed by atoms with Gasteiger partial charge in [0.25, 0.3) is 0 Å². The fourth-order valence-corrected chi connectivity index (χ4v) is 1.88. The van der Waals surface area contributed by atoms with Crippen LogP contribution in [0.5, 0.6) is 0 Å². The smallest absolute Gasteiger partial charge is 0.311 e. The maximum absolute atomic E-state index is 11.8. The lowest BCUT2D eigenvalue weighted by molar-refractivity contribution is -0.149. The van der Waals surface area contributed by atoms with Crippen molar-refractivity contribution in [2.75, 3.05) is 6.54 Å². The number of hydrogen-bond acceptors (Lipinski definition) is 3. The highest BCUT2D eigenvalue weighted by Crippen LogP contribution is 2.25. The molecule has 0 spiro atoms. The molecule has 0 rings (SSSR count). The topological polar surface area (TPSA) is 92.4 Å². The fraction of sp³-hybridized carbons (Fsp3) is 0.846. The van der Waals surface area contributed by atoms with Gasteiger partial charge in [0.15, 0.2) is 0 Å². The van der Waals surface area contributed by atoms with Crippen LogP contribution < -0.4 is 11.1 Å². The summed E-state index contributed by atoms with van der Waals surface area (Å²) < 4.78 is 0. The predicted molar refractivity (Wildman–Crippen MR) is 71.1 cm³/mol. The van der Waals surface area contributed by atoms with E-state index in [9.17, 15) is 14.7 Å². The van der Waals surface area contributed by atoms with Gasteiger partial charge in [0.2, 0.25) is 5.91 Å². The van der Waals surface area contributed by atoms with Crippen LogP contribution in [0.25, 0.3) is 0 Å². The van der Waals surface area contributed by atoms with Crippen LogP contribution >= 0.6 is 0 Å². The van der Waals surface area contributed by atoms with Crippen LogP contribution in [0.15, 0.2) is 0 Å². The Morgan fingerprint density at radius 2 is 1.78 bits per heavy atom. The second kappa shape index (κ2) is 7.36. The van der Waals surface area contributed by atoms with E-state index in [-0.39, 0.29) is 12.5 Å². The summed E-state index contributed by atoms with van der Waals surface area (Å²) in [4.78, 5) is 23.0. The van der Waals surface area contributed by atoms with Gasteiger partial charge in [0.1, 0.15) is 0 Å². The average molecular weight is 258 g/mol. The lowest BCUT2D eigenvalue weighted by Gasteiger charge is -2.27. The number of aliphatic carboxylic acids is 1. The number of carboxylic acid groups (broad SMARTS) is 1. The Kier molecular flexibility index (Phi) is 6.91. The second-order valence-electron chi connectivity index (χ2n) is 5.25. The van der Waals surface area contributed by atoms with Crippen molar-refractivity contribution in [1.29, 1.82) is 0 Å². The Labute approximate surface area is 109 Å². The number of nitrogens with one attached hydrogen (secondary N) is 1. The highest BCUT2D eigenvalue weighted by atomic mass is 16.4. The molecule has 106 valence electrons. The maximum Gasteiger partial charge on any atom is 0.311 e. The zero-order valence-corrected chi connectivity index (χ0v) is 11.8. The molecule has 0 aliphatic heterocycles. The van der Waals surface area contributed by atoms with Crippen molar-refractivity contribution >= 4 is 11.9 Å². The van der Waals surface area contributed by atoms with Crippen molar-refractivity contribution in [2.24, 2.45) is 17.1 Å². The van der Waals surface area contributed by atoms with Crippen LogP contribution in [0.2, 0.25) is 0 Å². The molecule has 0 aromatic heterocycles. The van der Waals surface area contributed by atoms with Gasteiger partial charge in [-0.3, -0.25) is 9.59 Å². The normalized spacial score (nSPS) is 13.4. The summed E-state index contributed by atoms with van der Waals surface area (Å²) in [5.74, 6) is -0.797. The van der Waals surface area contributed by atoms with Gasteiger partial charge in [-0.2, -0.15) is 0 Å². The summed E-state index contributed by atoms with van der Waals surface area (Å²) in [6.07, 6.45) is 1.57.